The number of thiol groups is 1. The number of anilines is 1. The van der Waals surface area contributed by atoms with Crippen molar-refractivity contribution in [2.45, 2.75) is 6.42 Å². The van der Waals surface area contributed by atoms with Gasteiger partial charge >= 0.3 is 5.97 Å². The van der Waals surface area contributed by atoms with Gasteiger partial charge in [0.05, 0.1) is 17.6 Å². The second-order valence-electron chi connectivity index (χ2n) is 4.68. The molecule has 0 radical (unpaired) electrons. The van der Waals surface area contributed by atoms with E-state index in [4.69, 9.17) is 0 Å². The molecule has 1 amide bonds. The van der Waals surface area contributed by atoms with Gasteiger partial charge in [-0.05, 0) is 17.7 Å². The van der Waals surface area contributed by atoms with Crippen LogP contribution in [0.4, 0.5) is 11.4 Å². The maximum Gasteiger partial charge on any atom is 0.340 e. The van der Waals surface area contributed by atoms with Crippen LogP contribution in [0.5, 0.6) is 0 Å². The van der Waals surface area contributed by atoms with E-state index in [1.807, 2.05) is 0 Å². The van der Waals surface area contributed by atoms with E-state index in [1.54, 1.807) is 0 Å². The van der Waals surface area contributed by atoms with Crippen LogP contribution in [0.15, 0.2) is 18.2 Å². The lowest BCUT2D eigenvalue weighted by Gasteiger charge is -2.19. The monoisotopic (exact) mass is 310 g/mol. The van der Waals surface area contributed by atoms with Crippen molar-refractivity contribution in [3.63, 3.8) is 0 Å². The topological polar surface area (TPSA) is 89.8 Å². The highest BCUT2D eigenvalue weighted by molar-refractivity contribution is 7.80. The van der Waals surface area contributed by atoms with Crippen molar-refractivity contribution in [2.24, 2.45) is 5.92 Å². The van der Waals surface area contributed by atoms with E-state index >= 15 is 0 Å². The zero-order chi connectivity index (χ0) is 15.6. The van der Waals surface area contributed by atoms with Gasteiger partial charge in [-0.1, -0.05) is 6.07 Å². The third-order valence-electron chi connectivity index (χ3n) is 3.35. The first-order valence-corrected chi connectivity index (χ1v) is 6.89. The molecule has 1 saturated heterocycles. The SMILES string of the molecule is COC(=O)c1cccc([N+](=O)[O-])c1N1CC(CS)CC1=O. The summed E-state index contributed by atoms with van der Waals surface area (Å²) < 4.78 is 4.65. The number of benzene rings is 1. The Hall–Kier alpha value is -2.09. The van der Waals surface area contributed by atoms with Gasteiger partial charge in [-0.25, -0.2) is 4.79 Å². The van der Waals surface area contributed by atoms with Crippen LogP contribution in [0.25, 0.3) is 0 Å². The summed E-state index contributed by atoms with van der Waals surface area (Å²) in [4.78, 5) is 35.8. The fraction of sp³-hybridized carbons (Fsp3) is 0.385. The van der Waals surface area contributed by atoms with Gasteiger partial charge < -0.3 is 9.64 Å². The Labute approximate surface area is 126 Å². The van der Waals surface area contributed by atoms with Crippen LogP contribution in [0, 0.1) is 16.0 Å². The number of esters is 1. The van der Waals surface area contributed by atoms with E-state index in [1.165, 1.54) is 30.2 Å². The van der Waals surface area contributed by atoms with Crippen molar-refractivity contribution < 1.29 is 19.2 Å². The first kappa shape index (κ1) is 15.3. The molecule has 1 fully saturated rings. The molecule has 0 saturated carbocycles. The molecule has 21 heavy (non-hydrogen) atoms. The van der Waals surface area contributed by atoms with E-state index in [0.29, 0.717) is 12.3 Å². The summed E-state index contributed by atoms with van der Waals surface area (Å²) in [6, 6.07) is 4.07. The Morgan fingerprint density at radius 3 is 2.81 bits per heavy atom. The van der Waals surface area contributed by atoms with Gasteiger partial charge in [0, 0.05) is 19.0 Å². The number of amides is 1. The number of hydrogen-bond donors (Lipinski definition) is 1. The number of methoxy groups -OCH3 is 1. The Bertz CT molecular complexity index is 604. The molecule has 7 nitrogen and oxygen atoms in total. The Morgan fingerprint density at radius 2 is 2.29 bits per heavy atom. The van der Waals surface area contributed by atoms with Crippen molar-refractivity contribution in [3.05, 3.63) is 33.9 Å². The van der Waals surface area contributed by atoms with E-state index in [0.717, 1.165) is 0 Å². The van der Waals surface area contributed by atoms with Crippen LogP contribution in [0.1, 0.15) is 16.8 Å². The van der Waals surface area contributed by atoms with Crippen LogP contribution in [-0.4, -0.2) is 36.2 Å². The predicted octanol–water partition coefficient (Wildman–Crippen LogP) is 1.66. The van der Waals surface area contributed by atoms with E-state index in [2.05, 4.69) is 17.4 Å². The highest BCUT2D eigenvalue weighted by Crippen LogP contribution is 2.36. The van der Waals surface area contributed by atoms with Gasteiger partial charge in [0.15, 0.2) is 0 Å². The largest absolute Gasteiger partial charge is 0.465 e. The molecule has 1 aromatic rings. The van der Waals surface area contributed by atoms with Gasteiger partial charge in [0.1, 0.15) is 5.69 Å². The Morgan fingerprint density at radius 1 is 1.57 bits per heavy atom. The lowest BCUT2D eigenvalue weighted by atomic mass is 10.1. The molecular formula is C13H14N2O5S. The number of nitro groups is 1. The minimum absolute atomic E-state index is 0.00336. The normalized spacial score (nSPS) is 17.9. The number of nitro benzene ring substituents is 1. The number of carbonyl (C=O) groups is 2. The minimum atomic E-state index is -0.712. The number of hydrogen-bond acceptors (Lipinski definition) is 6. The summed E-state index contributed by atoms with van der Waals surface area (Å²) in [5, 5.41) is 11.2. The summed E-state index contributed by atoms with van der Waals surface area (Å²) >= 11 is 4.16. The van der Waals surface area contributed by atoms with Crippen LogP contribution < -0.4 is 4.90 Å². The maximum atomic E-state index is 12.1. The lowest BCUT2D eigenvalue weighted by molar-refractivity contribution is -0.384. The minimum Gasteiger partial charge on any atom is -0.465 e. The molecule has 0 aromatic heterocycles. The summed E-state index contributed by atoms with van der Waals surface area (Å²) in [5.74, 6) is -0.466. The average Bonchev–Trinajstić information content (AvgIpc) is 2.86. The summed E-state index contributed by atoms with van der Waals surface area (Å²) in [6.45, 7) is 0.303. The standard InChI is InChI=1S/C13H14N2O5S/c1-20-13(17)9-3-2-4-10(15(18)19)12(9)14-6-8(7-21)5-11(14)16/h2-4,8,21H,5-7H2,1H3. The molecule has 1 unspecified atom stereocenters. The first-order chi connectivity index (χ1) is 9.99. The van der Waals surface area contributed by atoms with E-state index in [9.17, 15) is 19.7 Å². The van der Waals surface area contributed by atoms with E-state index in [-0.39, 0.29) is 35.2 Å². The molecular weight excluding hydrogens is 296 g/mol. The average molecular weight is 310 g/mol. The maximum absolute atomic E-state index is 12.1. The Kier molecular flexibility index (Phi) is 4.46. The number of ether oxygens (including phenoxy) is 1. The Balaban J connectivity index is 2.57. The molecule has 1 atom stereocenters. The fourth-order valence-electron chi connectivity index (χ4n) is 2.36. The quantitative estimate of drug-likeness (QED) is 0.395. The van der Waals surface area contributed by atoms with Crippen LogP contribution in [0.3, 0.4) is 0 Å². The lowest BCUT2D eigenvalue weighted by Crippen LogP contribution is -2.27. The van der Waals surface area contributed by atoms with Gasteiger partial charge in [0.2, 0.25) is 5.91 Å². The van der Waals surface area contributed by atoms with Crippen molar-refractivity contribution in [2.75, 3.05) is 24.3 Å². The molecule has 1 aliphatic heterocycles. The molecule has 0 spiro atoms. The number of para-hydroxylation sites is 1. The van der Waals surface area contributed by atoms with Gasteiger partial charge in [-0.2, -0.15) is 12.6 Å². The van der Waals surface area contributed by atoms with Gasteiger partial charge in [0.25, 0.3) is 5.69 Å². The van der Waals surface area contributed by atoms with Crippen LogP contribution >= 0.6 is 12.6 Å². The van der Waals surface area contributed by atoms with Crippen molar-refractivity contribution in [3.8, 4) is 0 Å². The number of rotatable bonds is 4. The smallest absolute Gasteiger partial charge is 0.340 e. The molecule has 0 bridgehead atoms. The third kappa shape index (κ3) is 2.85. The van der Waals surface area contributed by atoms with E-state index < -0.39 is 10.9 Å². The van der Waals surface area contributed by atoms with Gasteiger partial charge in [-0.3, -0.25) is 14.9 Å². The highest BCUT2D eigenvalue weighted by atomic mass is 32.1. The van der Waals surface area contributed by atoms with Crippen LogP contribution in [-0.2, 0) is 9.53 Å². The second kappa shape index (κ2) is 6.13. The van der Waals surface area contributed by atoms with Gasteiger partial charge in [-0.15, -0.1) is 0 Å². The molecule has 112 valence electrons. The fourth-order valence-corrected chi connectivity index (χ4v) is 2.60. The third-order valence-corrected chi connectivity index (χ3v) is 3.87. The molecule has 1 aliphatic rings. The van der Waals surface area contributed by atoms with Crippen molar-refractivity contribution in [1.29, 1.82) is 0 Å². The predicted molar refractivity (Wildman–Crippen MR) is 78.7 cm³/mol. The first-order valence-electron chi connectivity index (χ1n) is 6.26. The molecule has 0 aliphatic carbocycles. The molecule has 1 aromatic carbocycles. The molecule has 1 heterocycles. The van der Waals surface area contributed by atoms with Crippen molar-refractivity contribution in [1.82, 2.24) is 0 Å². The summed E-state index contributed by atoms with van der Waals surface area (Å²) in [5.41, 5.74) is -0.269. The molecule has 2 rings (SSSR count). The highest BCUT2D eigenvalue weighted by Gasteiger charge is 2.36. The summed E-state index contributed by atoms with van der Waals surface area (Å²) in [6.07, 6.45) is 0.260. The second-order valence-corrected chi connectivity index (χ2v) is 5.04. The number of carbonyl (C=O) groups excluding carboxylic acids is 2. The molecule has 8 heteroatoms. The summed E-state index contributed by atoms with van der Waals surface area (Å²) in [7, 11) is 1.19. The molecule has 0 N–H and O–H groups in total. The van der Waals surface area contributed by atoms with Crippen LogP contribution in [0.2, 0.25) is 0 Å². The zero-order valence-electron chi connectivity index (χ0n) is 11.3. The number of nitrogens with zero attached hydrogens (tertiary/aromatic N) is 2. The van der Waals surface area contributed by atoms with Crippen molar-refractivity contribution >= 4 is 35.9 Å². The zero-order valence-corrected chi connectivity index (χ0v) is 12.2.